The summed E-state index contributed by atoms with van der Waals surface area (Å²) >= 11 is 18.0. The standard InChI is InChI=1S/C10H7Cl3N2O3S2/c1-4-9(19-10(13)14-4)20(17,18)15-5-2-6(11)8(16)7(12)3-5/h2-3,15-16H,1H3. The third kappa shape index (κ3) is 3.12. The number of phenols is 1. The topological polar surface area (TPSA) is 79.3 Å². The second-order valence-electron chi connectivity index (χ2n) is 3.73. The number of phenolic OH excluding ortho intramolecular Hbond substituents is 1. The number of nitrogens with zero attached hydrogens (tertiary/aromatic N) is 1. The molecule has 1 aromatic carbocycles. The number of sulfonamides is 1. The molecule has 2 N–H and O–H groups in total. The van der Waals surface area contributed by atoms with Crippen LogP contribution in [0.5, 0.6) is 5.75 Å². The number of aryl methyl sites for hydroxylation is 1. The van der Waals surface area contributed by atoms with E-state index in [0.29, 0.717) is 5.69 Å². The van der Waals surface area contributed by atoms with Crippen LogP contribution in [0.1, 0.15) is 5.69 Å². The quantitative estimate of drug-likeness (QED) is 0.799. The second-order valence-corrected chi connectivity index (χ2v) is 8.01. The summed E-state index contributed by atoms with van der Waals surface area (Å²) in [6.07, 6.45) is 0. The molecule has 20 heavy (non-hydrogen) atoms. The maximum absolute atomic E-state index is 12.2. The van der Waals surface area contributed by atoms with E-state index >= 15 is 0 Å². The highest BCUT2D eigenvalue weighted by Crippen LogP contribution is 2.36. The Morgan fingerprint density at radius 1 is 1.25 bits per heavy atom. The number of aromatic hydroxyl groups is 1. The van der Waals surface area contributed by atoms with Crippen LogP contribution >= 0.6 is 46.1 Å². The molecule has 0 saturated carbocycles. The average molecular weight is 374 g/mol. The minimum atomic E-state index is -3.85. The number of anilines is 1. The summed E-state index contributed by atoms with van der Waals surface area (Å²) in [6, 6.07) is 2.50. The van der Waals surface area contributed by atoms with Gasteiger partial charge in [0.2, 0.25) is 0 Å². The van der Waals surface area contributed by atoms with Gasteiger partial charge in [0.25, 0.3) is 10.0 Å². The van der Waals surface area contributed by atoms with Gasteiger partial charge in [-0.1, -0.05) is 46.1 Å². The van der Waals surface area contributed by atoms with Gasteiger partial charge >= 0.3 is 0 Å². The Bertz CT molecular complexity index is 751. The lowest BCUT2D eigenvalue weighted by Crippen LogP contribution is -2.12. The summed E-state index contributed by atoms with van der Waals surface area (Å²) in [6.45, 7) is 1.54. The predicted molar refractivity (Wildman–Crippen MR) is 80.8 cm³/mol. The largest absolute Gasteiger partial charge is 0.505 e. The van der Waals surface area contributed by atoms with Gasteiger partial charge in [-0.25, -0.2) is 13.4 Å². The summed E-state index contributed by atoms with van der Waals surface area (Å²) in [5.41, 5.74) is 0.421. The molecule has 0 radical (unpaired) electrons. The van der Waals surface area contributed by atoms with Crippen LogP contribution in [0.15, 0.2) is 16.3 Å². The monoisotopic (exact) mass is 372 g/mol. The zero-order valence-corrected chi connectivity index (χ0v) is 13.7. The summed E-state index contributed by atoms with van der Waals surface area (Å²) in [5.74, 6) is -0.312. The van der Waals surface area contributed by atoms with Crippen molar-refractivity contribution in [1.82, 2.24) is 4.98 Å². The summed E-state index contributed by atoms with van der Waals surface area (Å²) < 4.78 is 26.8. The van der Waals surface area contributed by atoms with Crippen molar-refractivity contribution in [2.24, 2.45) is 0 Å². The van der Waals surface area contributed by atoms with Crippen molar-refractivity contribution in [3.8, 4) is 5.75 Å². The Morgan fingerprint density at radius 2 is 1.80 bits per heavy atom. The van der Waals surface area contributed by atoms with Crippen molar-refractivity contribution in [3.05, 3.63) is 32.3 Å². The molecule has 0 saturated heterocycles. The molecular weight excluding hydrogens is 367 g/mol. The first-order valence-corrected chi connectivity index (χ1v) is 8.48. The Balaban J connectivity index is 2.41. The fraction of sp³-hybridized carbons (Fsp3) is 0.100. The van der Waals surface area contributed by atoms with Crippen molar-refractivity contribution in [3.63, 3.8) is 0 Å². The van der Waals surface area contributed by atoms with E-state index in [1.165, 1.54) is 19.1 Å². The molecule has 2 aromatic rings. The number of aromatic nitrogens is 1. The number of halogens is 3. The number of hydrogen-bond acceptors (Lipinski definition) is 5. The Morgan fingerprint density at radius 3 is 2.25 bits per heavy atom. The van der Waals surface area contributed by atoms with Crippen molar-refractivity contribution < 1.29 is 13.5 Å². The van der Waals surface area contributed by atoms with Gasteiger partial charge in [-0.3, -0.25) is 4.72 Å². The highest BCUT2D eigenvalue weighted by Gasteiger charge is 2.22. The molecule has 108 valence electrons. The normalized spacial score (nSPS) is 11.6. The van der Waals surface area contributed by atoms with Gasteiger partial charge in [-0.05, 0) is 19.1 Å². The van der Waals surface area contributed by atoms with Crippen LogP contribution in [0.25, 0.3) is 0 Å². The van der Waals surface area contributed by atoms with Gasteiger partial charge in [0.05, 0.1) is 21.4 Å². The minimum Gasteiger partial charge on any atom is -0.505 e. The molecule has 10 heteroatoms. The van der Waals surface area contributed by atoms with E-state index in [4.69, 9.17) is 34.8 Å². The lowest BCUT2D eigenvalue weighted by atomic mass is 10.3. The van der Waals surface area contributed by atoms with Gasteiger partial charge in [0, 0.05) is 0 Å². The first-order chi connectivity index (χ1) is 9.20. The van der Waals surface area contributed by atoms with E-state index in [-0.39, 0.29) is 30.2 Å². The molecule has 0 unspecified atom stereocenters. The van der Waals surface area contributed by atoms with Crippen LogP contribution in [-0.2, 0) is 10.0 Å². The Kier molecular flexibility index (Phi) is 4.36. The number of hydrogen-bond donors (Lipinski definition) is 2. The molecule has 1 aromatic heterocycles. The molecule has 0 amide bonds. The number of rotatable bonds is 3. The van der Waals surface area contributed by atoms with E-state index < -0.39 is 10.0 Å². The van der Waals surface area contributed by atoms with Gasteiger partial charge in [-0.15, -0.1) is 0 Å². The lowest BCUT2D eigenvalue weighted by Gasteiger charge is -2.09. The van der Waals surface area contributed by atoms with Crippen LogP contribution in [0, 0.1) is 6.92 Å². The third-order valence-corrected chi connectivity index (χ3v) is 6.07. The van der Waals surface area contributed by atoms with Crippen LogP contribution in [0.4, 0.5) is 5.69 Å². The zero-order valence-electron chi connectivity index (χ0n) is 9.82. The van der Waals surface area contributed by atoms with Crippen LogP contribution < -0.4 is 4.72 Å². The minimum absolute atomic E-state index is 0.00261. The van der Waals surface area contributed by atoms with Crippen molar-refractivity contribution >= 4 is 61.9 Å². The predicted octanol–water partition coefficient (Wildman–Crippen LogP) is 3.92. The summed E-state index contributed by atoms with van der Waals surface area (Å²) in [7, 11) is -3.85. The number of nitrogens with one attached hydrogen (secondary N) is 1. The van der Waals surface area contributed by atoms with Gasteiger partial charge in [0.15, 0.2) is 14.4 Å². The highest BCUT2D eigenvalue weighted by molar-refractivity contribution is 7.94. The molecule has 0 bridgehead atoms. The van der Waals surface area contributed by atoms with Gasteiger partial charge < -0.3 is 5.11 Å². The van der Waals surface area contributed by atoms with Crippen LogP contribution in [0.3, 0.4) is 0 Å². The highest BCUT2D eigenvalue weighted by atomic mass is 35.5. The van der Waals surface area contributed by atoms with Crippen molar-refractivity contribution in [1.29, 1.82) is 0 Å². The van der Waals surface area contributed by atoms with Crippen molar-refractivity contribution in [2.45, 2.75) is 11.1 Å². The summed E-state index contributed by atoms with van der Waals surface area (Å²) in [4.78, 5) is 3.84. The zero-order chi connectivity index (χ0) is 15.1. The SMILES string of the molecule is Cc1nc(Cl)sc1S(=O)(=O)Nc1cc(Cl)c(O)c(Cl)c1. The molecule has 0 atom stereocenters. The molecule has 0 fully saturated rings. The maximum atomic E-state index is 12.2. The van der Waals surface area contributed by atoms with Crippen molar-refractivity contribution in [2.75, 3.05) is 4.72 Å². The second kappa shape index (κ2) is 5.57. The molecule has 0 spiro atoms. The Labute approximate surface area is 134 Å². The smallest absolute Gasteiger partial charge is 0.273 e. The number of thiazole rings is 1. The van der Waals surface area contributed by atoms with E-state index in [2.05, 4.69) is 9.71 Å². The van der Waals surface area contributed by atoms with Gasteiger partial charge in [0.1, 0.15) is 0 Å². The molecule has 5 nitrogen and oxygen atoms in total. The molecule has 0 aliphatic rings. The van der Waals surface area contributed by atoms with Crippen LogP contribution in [0.2, 0.25) is 14.5 Å². The lowest BCUT2D eigenvalue weighted by molar-refractivity contribution is 0.476. The summed E-state index contributed by atoms with van der Waals surface area (Å²) in [5, 5.41) is 9.31. The van der Waals surface area contributed by atoms with E-state index in [9.17, 15) is 13.5 Å². The fourth-order valence-corrected chi connectivity index (χ4v) is 4.69. The number of benzene rings is 1. The van der Waals surface area contributed by atoms with E-state index in [1.807, 2.05) is 0 Å². The third-order valence-electron chi connectivity index (χ3n) is 2.24. The van der Waals surface area contributed by atoms with Crippen LogP contribution in [-0.4, -0.2) is 18.5 Å². The Hall–Kier alpha value is -0.730. The molecular formula is C10H7Cl3N2O3S2. The molecule has 0 aliphatic heterocycles. The maximum Gasteiger partial charge on any atom is 0.273 e. The average Bonchev–Trinajstić information content (AvgIpc) is 2.65. The first kappa shape index (κ1) is 15.7. The van der Waals surface area contributed by atoms with E-state index in [0.717, 1.165) is 11.3 Å². The molecule has 1 heterocycles. The molecule has 0 aliphatic carbocycles. The van der Waals surface area contributed by atoms with Gasteiger partial charge in [-0.2, -0.15) is 0 Å². The van der Waals surface area contributed by atoms with E-state index in [1.54, 1.807) is 0 Å². The first-order valence-electron chi connectivity index (χ1n) is 5.04. The molecule has 2 rings (SSSR count). The fourth-order valence-electron chi connectivity index (χ4n) is 1.43.